The van der Waals surface area contributed by atoms with E-state index in [1.807, 2.05) is 13.8 Å². The van der Waals surface area contributed by atoms with Crippen LogP contribution in [0.5, 0.6) is 0 Å². The number of aryl methyl sites for hydroxylation is 2. The van der Waals surface area contributed by atoms with Gasteiger partial charge < -0.3 is 16.0 Å². The van der Waals surface area contributed by atoms with E-state index in [1.165, 1.54) is 25.9 Å². The minimum absolute atomic E-state index is 0.122. The maximum atomic E-state index is 12.3. The van der Waals surface area contributed by atoms with Gasteiger partial charge in [-0.25, -0.2) is 0 Å². The molecule has 118 valence electrons. The van der Waals surface area contributed by atoms with E-state index >= 15 is 0 Å². The van der Waals surface area contributed by atoms with Gasteiger partial charge in [-0.1, -0.05) is 6.92 Å². The summed E-state index contributed by atoms with van der Waals surface area (Å²) in [4.78, 5) is 14.8. The average molecular weight is 293 g/mol. The first-order valence-corrected chi connectivity index (χ1v) is 7.86. The molecule has 0 bridgehead atoms. The second-order valence-electron chi connectivity index (χ2n) is 5.99. The molecule has 6 nitrogen and oxygen atoms in total. The Bertz CT molecular complexity index is 490. The molecule has 1 aliphatic rings. The van der Waals surface area contributed by atoms with Crippen LogP contribution in [0.15, 0.2) is 0 Å². The lowest BCUT2D eigenvalue weighted by atomic mass is 10.1. The third-order valence-electron chi connectivity index (χ3n) is 4.07. The van der Waals surface area contributed by atoms with Crippen LogP contribution in [-0.2, 0) is 6.54 Å². The van der Waals surface area contributed by atoms with Crippen LogP contribution in [0.4, 0.5) is 5.69 Å². The standard InChI is InChI=1S/C15H27N5O/c1-4-20-14(13(16)12(3)18-20)15(21)17-9-11(2)10-19-7-5-6-8-19/h11H,4-10,16H2,1-3H3,(H,17,21). The topological polar surface area (TPSA) is 76.2 Å². The zero-order chi connectivity index (χ0) is 15.4. The van der Waals surface area contributed by atoms with Crippen LogP contribution in [0, 0.1) is 12.8 Å². The van der Waals surface area contributed by atoms with Gasteiger partial charge in [-0.3, -0.25) is 9.48 Å². The van der Waals surface area contributed by atoms with Crippen molar-refractivity contribution < 1.29 is 4.79 Å². The van der Waals surface area contributed by atoms with Crippen LogP contribution in [0.25, 0.3) is 0 Å². The Balaban J connectivity index is 1.89. The quantitative estimate of drug-likeness (QED) is 0.828. The Morgan fingerprint density at radius 2 is 2.10 bits per heavy atom. The summed E-state index contributed by atoms with van der Waals surface area (Å²) in [7, 11) is 0. The van der Waals surface area contributed by atoms with Gasteiger partial charge in [0.15, 0.2) is 0 Å². The molecule has 1 atom stereocenters. The average Bonchev–Trinajstić information content (AvgIpc) is 3.05. The molecule has 1 amide bonds. The van der Waals surface area contributed by atoms with Crippen molar-refractivity contribution in [3.8, 4) is 0 Å². The van der Waals surface area contributed by atoms with Gasteiger partial charge >= 0.3 is 0 Å². The van der Waals surface area contributed by atoms with E-state index in [0.717, 1.165) is 6.54 Å². The van der Waals surface area contributed by atoms with Crippen molar-refractivity contribution in [1.29, 1.82) is 0 Å². The number of likely N-dealkylation sites (tertiary alicyclic amines) is 1. The lowest BCUT2D eigenvalue weighted by Crippen LogP contribution is -2.35. The van der Waals surface area contributed by atoms with Gasteiger partial charge in [-0.05, 0) is 45.7 Å². The molecule has 21 heavy (non-hydrogen) atoms. The molecule has 2 rings (SSSR count). The monoisotopic (exact) mass is 293 g/mol. The van der Waals surface area contributed by atoms with E-state index in [-0.39, 0.29) is 5.91 Å². The second-order valence-corrected chi connectivity index (χ2v) is 5.99. The summed E-state index contributed by atoms with van der Waals surface area (Å²) < 4.78 is 1.67. The maximum Gasteiger partial charge on any atom is 0.271 e. The molecule has 0 aliphatic carbocycles. The van der Waals surface area contributed by atoms with E-state index < -0.39 is 0 Å². The first-order valence-electron chi connectivity index (χ1n) is 7.86. The van der Waals surface area contributed by atoms with Gasteiger partial charge in [0.2, 0.25) is 0 Å². The van der Waals surface area contributed by atoms with Crippen molar-refractivity contribution in [2.75, 3.05) is 31.9 Å². The van der Waals surface area contributed by atoms with Gasteiger partial charge in [-0.2, -0.15) is 5.10 Å². The Labute approximate surface area is 126 Å². The molecule has 1 aromatic rings. The zero-order valence-corrected chi connectivity index (χ0v) is 13.4. The molecule has 1 fully saturated rings. The Morgan fingerprint density at radius 1 is 1.43 bits per heavy atom. The van der Waals surface area contributed by atoms with E-state index in [9.17, 15) is 4.79 Å². The second kappa shape index (κ2) is 6.93. The lowest BCUT2D eigenvalue weighted by molar-refractivity contribution is 0.0935. The molecular formula is C15H27N5O. The normalized spacial score (nSPS) is 17.1. The molecule has 2 heterocycles. The number of rotatable bonds is 6. The maximum absolute atomic E-state index is 12.3. The SMILES string of the molecule is CCn1nc(C)c(N)c1C(=O)NCC(C)CN1CCCC1. The fraction of sp³-hybridized carbons (Fsp3) is 0.733. The lowest BCUT2D eigenvalue weighted by Gasteiger charge is -2.20. The Hall–Kier alpha value is -1.56. The van der Waals surface area contributed by atoms with Crippen LogP contribution in [0.3, 0.4) is 0 Å². The number of nitrogens with one attached hydrogen (secondary N) is 1. The van der Waals surface area contributed by atoms with Crippen molar-refractivity contribution in [3.05, 3.63) is 11.4 Å². The molecule has 0 radical (unpaired) electrons. The molecule has 1 saturated heterocycles. The van der Waals surface area contributed by atoms with Crippen LogP contribution < -0.4 is 11.1 Å². The highest BCUT2D eigenvalue weighted by Gasteiger charge is 2.20. The van der Waals surface area contributed by atoms with E-state index in [0.29, 0.717) is 36.1 Å². The van der Waals surface area contributed by atoms with Gasteiger partial charge in [0.25, 0.3) is 5.91 Å². The van der Waals surface area contributed by atoms with Gasteiger partial charge in [0.1, 0.15) is 5.69 Å². The number of nitrogens with zero attached hydrogens (tertiary/aromatic N) is 3. The fourth-order valence-electron chi connectivity index (χ4n) is 2.88. The highest BCUT2D eigenvalue weighted by molar-refractivity contribution is 5.97. The molecule has 1 aromatic heterocycles. The smallest absolute Gasteiger partial charge is 0.271 e. The first kappa shape index (κ1) is 15.8. The number of hydrogen-bond acceptors (Lipinski definition) is 4. The first-order chi connectivity index (χ1) is 10.0. The Morgan fingerprint density at radius 3 is 2.71 bits per heavy atom. The minimum Gasteiger partial charge on any atom is -0.395 e. The number of anilines is 1. The fourth-order valence-corrected chi connectivity index (χ4v) is 2.88. The van der Waals surface area contributed by atoms with Crippen molar-refractivity contribution >= 4 is 11.6 Å². The molecule has 1 unspecified atom stereocenters. The molecule has 0 saturated carbocycles. The van der Waals surface area contributed by atoms with Crippen molar-refractivity contribution in [2.45, 2.75) is 40.2 Å². The van der Waals surface area contributed by atoms with E-state index in [1.54, 1.807) is 4.68 Å². The number of nitrogens with two attached hydrogens (primary N) is 1. The zero-order valence-electron chi connectivity index (χ0n) is 13.4. The third kappa shape index (κ3) is 3.75. The van der Waals surface area contributed by atoms with E-state index in [4.69, 9.17) is 5.73 Å². The number of carbonyl (C=O) groups is 1. The van der Waals surface area contributed by atoms with Gasteiger partial charge in [0.05, 0.1) is 11.4 Å². The third-order valence-corrected chi connectivity index (χ3v) is 4.07. The largest absolute Gasteiger partial charge is 0.395 e. The summed E-state index contributed by atoms with van der Waals surface area (Å²) in [6.45, 7) is 10.7. The number of hydrogen-bond donors (Lipinski definition) is 2. The number of aromatic nitrogens is 2. The molecular weight excluding hydrogens is 266 g/mol. The number of carbonyl (C=O) groups excluding carboxylic acids is 1. The minimum atomic E-state index is -0.122. The summed E-state index contributed by atoms with van der Waals surface area (Å²) in [6, 6.07) is 0. The molecule has 3 N–H and O–H groups in total. The summed E-state index contributed by atoms with van der Waals surface area (Å²) in [6.07, 6.45) is 2.59. The van der Waals surface area contributed by atoms with Gasteiger partial charge in [-0.15, -0.1) is 0 Å². The van der Waals surface area contributed by atoms with Crippen LogP contribution in [0.2, 0.25) is 0 Å². The van der Waals surface area contributed by atoms with Crippen molar-refractivity contribution in [2.24, 2.45) is 5.92 Å². The van der Waals surface area contributed by atoms with Crippen molar-refractivity contribution in [1.82, 2.24) is 20.0 Å². The highest BCUT2D eigenvalue weighted by Crippen LogP contribution is 2.16. The molecule has 1 aliphatic heterocycles. The predicted octanol–water partition coefficient (Wildman–Crippen LogP) is 1.26. The molecule has 0 spiro atoms. The summed E-state index contributed by atoms with van der Waals surface area (Å²) in [5, 5.41) is 7.28. The number of amides is 1. The predicted molar refractivity (Wildman–Crippen MR) is 84.2 cm³/mol. The van der Waals surface area contributed by atoms with Crippen LogP contribution in [-0.4, -0.2) is 46.8 Å². The van der Waals surface area contributed by atoms with E-state index in [2.05, 4.69) is 22.2 Å². The summed E-state index contributed by atoms with van der Waals surface area (Å²) in [5.74, 6) is 0.315. The van der Waals surface area contributed by atoms with Crippen LogP contribution >= 0.6 is 0 Å². The highest BCUT2D eigenvalue weighted by atomic mass is 16.2. The molecule has 0 aromatic carbocycles. The van der Waals surface area contributed by atoms with Crippen LogP contribution in [0.1, 0.15) is 42.9 Å². The Kier molecular flexibility index (Phi) is 5.22. The number of nitrogen functional groups attached to an aromatic ring is 1. The van der Waals surface area contributed by atoms with Gasteiger partial charge in [0, 0.05) is 19.6 Å². The van der Waals surface area contributed by atoms with Crippen molar-refractivity contribution in [3.63, 3.8) is 0 Å². The summed E-state index contributed by atoms with van der Waals surface area (Å²) in [5.41, 5.74) is 7.66. The molecule has 6 heteroatoms. The summed E-state index contributed by atoms with van der Waals surface area (Å²) >= 11 is 0.